The van der Waals surface area contributed by atoms with Crippen LogP contribution in [0, 0.1) is 0 Å². The van der Waals surface area contributed by atoms with Gasteiger partial charge >= 0.3 is 17.9 Å². The second-order valence-electron chi connectivity index (χ2n) is 17.8. The Labute approximate surface area is 352 Å². The fourth-order valence-corrected chi connectivity index (χ4v) is 7.07. The van der Waals surface area contributed by atoms with Crippen molar-refractivity contribution in [3.63, 3.8) is 0 Å². The number of carbonyl (C=O) groups excluding carboxylic acids is 2. The second kappa shape index (κ2) is 41.0. The maximum absolute atomic E-state index is 12.8. The molecule has 0 aromatic carbocycles. The van der Waals surface area contributed by atoms with Crippen molar-refractivity contribution in [3.8, 4) is 0 Å². The minimum atomic E-state index is -1.50. The van der Waals surface area contributed by atoms with E-state index in [-0.39, 0.29) is 38.2 Å². The van der Waals surface area contributed by atoms with Crippen molar-refractivity contribution >= 4 is 17.9 Å². The number of carboxylic acid groups (broad SMARTS) is 1. The van der Waals surface area contributed by atoms with E-state index in [0.29, 0.717) is 17.4 Å². The van der Waals surface area contributed by atoms with Gasteiger partial charge < -0.3 is 28.5 Å². The standard InChI is InChI=1S/C48H93NO8/c1-6-8-10-12-14-16-17-18-19-20-21-22-23-24-25-26-27-28-29-31-33-35-37-39-46(51)57-44(43-56-48(47(52)53)54-41-40-49(3,4)5)42-55-45(50)38-36-34-32-30-15-13-11-9-7-2/h44,48H,6-43H2,1-5H3/p+1. The summed E-state index contributed by atoms with van der Waals surface area (Å²) < 4.78 is 22.7. The van der Waals surface area contributed by atoms with Crippen LogP contribution >= 0.6 is 0 Å². The van der Waals surface area contributed by atoms with Gasteiger partial charge in [-0.3, -0.25) is 9.59 Å². The third-order valence-electron chi connectivity index (χ3n) is 10.9. The highest BCUT2D eigenvalue weighted by atomic mass is 16.7. The molecule has 0 aromatic heterocycles. The molecule has 0 rings (SSSR count). The Hall–Kier alpha value is -1.71. The largest absolute Gasteiger partial charge is 0.477 e. The molecule has 0 amide bonds. The van der Waals surface area contributed by atoms with E-state index >= 15 is 0 Å². The van der Waals surface area contributed by atoms with Crippen molar-refractivity contribution in [2.24, 2.45) is 0 Å². The molecule has 0 aliphatic carbocycles. The summed E-state index contributed by atoms with van der Waals surface area (Å²) in [6.45, 7) is 4.89. The molecule has 57 heavy (non-hydrogen) atoms. The van der Waals surface area contributed by atoms with Gasteiger partial charge in [0.15, 0.2) is 6.10 Å². The number of esters is 2. The third kappa shape index (κ3) is 42.2. The summed E-state index contributed by atoms with van der Waals surface area (Å²) in [5, 5.41) is 9.62. The molecule has 0 aromatic rings. The molecule has 0 spiro atoms. The van der Waals surface area contributed by atoms with Crippen LogP contribution in [0.15, 0.2) is 0 Å². The Morgan fingerprint density at radius 2 is 0.789 bits per heavy atom. The van der Waals surface area contributed by atoms with Crippen LogP contribution in [0.4, 0.5) is 0 Å². The fourth-order valence-electron chi connectivity index (χ4n) is 7.07. The van der Waals surface area contributed by atoms with Gasteiger partial charge in [-0.1, -0.05) is 206 Å². The Morgan fingerprint density at radius 1 is 0.456 bits per heavy atom. The highest BCUT2D eigenvalue weighted by Crippen LogP contribution is 2.17. The lowest BCUT2D eigenvalue weighted by Crippen LogP contribution is -2.40. The molecule has 0 fully saturated rings. The number of hydrogen-bond donors (Lipinski definition) is 1. The molecular formula is C48H94NO8+. The molecule has 338 valence electrons. The van der Waals surface area contributed by atoms with Crippen LogP contribution in [0.5, 0.6) is 0 Å². The summed E-state index contributed by atoms with van der Waals surface area (Å²) in [7, 11) is 5.96. The van der Waals surface area contributed by atoms with Crippen LogP contribution in [-0.4, -0.2) is 87.4 Å². The van der Waals surface area contributed by atoms with Gasteiger partial charge in [0, 0.05) is 12.8 Å². The van der Waals surface area contributed by atoms with E-state index in [1.165, 1.54) is 167 Å². The summed E-state index contributed by atoms with van der Waals surface area (Å²) in [5.74, 6) is -1.99. The topological polar surface area (TPSA) is 108 Å². The quantitative estimate of drug-likeness (QED) is 0.0280. The van der Waals surface area contributed by atoms with E-state index < -0.39 is 18.4 Å². The molecule has 0 saturated heterocycles. The van der Waals surface area contributed by atoms with E-state index in [9.17, 15) is 19.5 Å². The summed E-state index contributed by atoms with van der Waals surface area (Å²) in [6.07, 6.45) is 38.9. The van der Waals surface area contributed by atoms with Crippen LogP contribution in [0.1, 0.15) is 232 Å². The fraction of sp³-hybridized carbons (Fsp3) is 0.938. The van der Waals surface area contributed by atoms with Crippen molar-refractivity contribution in [2.45, 2.75) is 245 Å². The number of nitrogens with zero attached hydrogens (tertiary/aromatic N) is 1. The molecule has 0 bridgehead atoms. The maximum Gasteiger partial charge on any atom is 0.361 e. The number of unbranched alkanes of at least 4 members (excludes halogenated alkanes) is 30. The predicted octanol–water partition coefficient (Wildman–Crippen LogP) is 12.9. The number of aliphatic carboxylic acids is 1. The van der Waals surface area contributed by atoms with Gasteiger partial charge in [0.1, 0.15) is 13.2 Å². The van der Waals surface area contributed by atoms with Gasteiger partial charge in [0.2, 0.25) is 0 Å². The molecule has 0 aliphatic rings. The monoisotopic (exact) mass is 813 g/mol. The molecule has 1 N–H and O–H groups in total. The van der Waals surface area contributed by atoms with Crippen molar-refractivity contribution in [1.82, 2.24) is 0 Å². The van der Waals surface area contributed by atoms with E-state index in [1.807, 2.05) is 21.1 Å². The first-order valence-electron chi connectivity index (χ1n) is 24.2. The van der Waals surface area contributed by atoms with Gasteiger partial charge in [0.25, 0.3) is 6.29 Å². The Morgan fingerprint density at radius 3 is 1.12 bits per heavy atom. The molecule has 9 heteroatoms. The molecule has 2 atom stereocenters. The van der Waals surface area contributed by atoms with Crippen LogP contribution in [-0.2, 0) is 33.3 Å². The highest BCUT2D eigenvalue weighted by Gasteiger charge is 2.25. The van der Waals surface area contributed by atoms with Crippen molar-refractivity contribution in [1.29, 1.82) is 0 Å². The lowest BCUT2D eigenvalue weighted by molar-refractivity contribution is -0.870. The molecule has 2 unspecified atom stereocenters. The van der Waals surface area contributed by atoms with Gasteiger partial charge in [-0.05, 0) is 12.8 Å². The number of rotatable bonds is 45. The zero-order chi connectivity index (χ0) is 42.1. The minimum absolute atomic E-state index is 0.174. The van der Waals surface area contributed by atoms with Crippen LogP contribution in [0.3, 0.4) is 0 Å². The molecule has 0 saturated carbocycles. The third-order valence-corrected chi connectivity index (χ3v) is 10.9. The average Bonchev–Trinajstić information content (AvgIpc) is 3.17. The number of quaternary nitrogens is 1. The highest BCUT2D eigenvalue weighted by molar-refractivity contribution is 5.71. The van der Waals surface area contributed by atoms with E-state index in [1.54, 1.807) is 0 Å². The first kappa shape index (κ1) is 55.3. The molecule has 0 aliphatic heterocycles. The summed E-state index contributed by atoms with van der Waals surface area (Å²) in [4.78, 5) is 37.0. The van der Waals surface area contributed by atoms with Crippen molar-refractivity contribution in [3.05, 3.63) is 0 Å². The summed E-state index contributed by atoms with van der Waals surface area (Å²) in [6, 6.07) is 0. The molecule has 0 radical (unpaired) electrons. The average molecular weight is 813 g/mol. The smallest absolute Gasteiger partial charge is 0.361 e. The summed E-state index contributed by atoms with van der Waals surface area (Å²) >= 11 is 0. The van der Waals surface area contributed by atoms with Crippen LogP contribution in [0.25, 0.3) is 0 Å². The number of likely N-dealkylation sites (N-methyl/N-ethyl adjacent to an activating group) is 1. The number of hydrogen-bond acceptors (Lipinski definition) is 7. The van der Waals surface area contributed by atoms with E-state index in [2.05, 4.69) is 13.8 Å². The van der Waals surface area contributed by atoms with Crippen LogP contribution < -0.4 is 0 Å². The van der Waals surface area contributed by atoms with Gasteiger partial charge in [-0.2, -0.15) is 0 Å². The van der Waals surface area contributed by atoms with Crippen molar-refractivity contribution < 1.29 is 42.9 Å². The molecule has 9 nitrogen and oxygen atoms in total. The number of carboxylic acids is 1. The lowest BCUT2D eigenvalue weighted by Gasteiger charge is -2.25. The van der Waals surface area contributed by atoms with E-state index in [4.69, 9.17) is 18.9 Å². The van der Waals surface area contributed by atoms with Gasteiger partial charge in [0.05, 0.1) is 34.4 Å². The number of ether oxygens (including phenoxy) is 4. The number of carbonyl (C=O) groups is 3. The Bertz CT molecular complexity index is 907. The second-order valence-corrected chi connectivity index (χ2v) is 17.8. The SMILES string of the molecule is CCCCCCCCCCCCCCCCCCCCCCCCCC(=O)OC(COC(=O)CCCCCCCCCCC)COC(OCC[N+](C)(C)C)C(=O)O. The first-order valence-corrected chi connectivity index (χ1v) is 24.2. The lowest BCUT2D eigenvalue weighted by atomic mass is 10.0. The molecule has 0 heterocycles. The zero-order valence-electron chi connectivity index (χ0n) is 38.3. The van der Waals surface area contributed by atoms with Crippen LogP contribution in [0.2, 0.25) is 0 Å². The van der Waals surface area contributed by atoms with E-state index in [0.717, 1.165) is 38.5 Å². The van der Waals surface area contributed by atoms with Gasteiger partial charge in [-0.15, -0.1) is 0 Å². The van der Waals surface area contributed by atoms with Crippen molar-refractivity contribution in [2.75, 3.05) is 47.5 Å². The first-order chi connectivity index (χ1) is 27.6. The Balaban J connectivity index is 4.19. The summed E-state index contributed by atoms with van der Waals surface area (Å²) in [5.41, 5.74) is 0. The zero-order valence-corrected chi connectivity index (χ0v) is 38.3. The minimum Gasteiger partial charge on any atom is -0.477 e. The predicted molar refractivity (Wildman–Crippen MR) is 235 cm³/mol. The van der Waals surface area contributed by atoms with Gasteiger partial charge in [-0.25, -0.2) is 4.79 Å². The normalized spacial score (nSPS) is 12.8. The molecular weight excluding hydrogens is 719 g/mol. The Kier molecular flexibility index (Phi) is 39.8. The maximum atomic E-state index is 12.8.